The van der Waals surface area contributed by atoms with E-state index in [0.29, 0.717) is 19.4 Å². The Hall–Kier alpha value is -1.06. The third-order valence-electron chi connectivity index (χ3n) is 3.18. The quantitative estimate of drug-likeness (QED) is 0.684. The van der Waals surface area contributed by atoms with Crippen LogP contribution in [0.3, 0.4) is 0 Å². The lowest BCUT2D eigenvalue weighted by molar-refractivity contribution is -0.124. The van der Waals surface area contributed by atoms with Gasteiger partial charge in [-0.25, -0.2) is 0 Å². The van der Waals surface area contributed by atoms with Gasteiger partial charge in [0.2, 0.25) is 11.8 Å². The molecule has 0 aliphatic heterocycles. The van der Waals surface area contributed by atoms with E-state index >= 15 is 0 Å². The van der Waals surface area contributed by atoms with E-state index in [4.69, 9.17) is 0 Å². The molecule has 2 N–H and O–H groups in total. The molecule has 0 bridgehead atoms. The summed E-state index contributed by atoms with van der Waals surface area (Å²) in [5, 5.41) is 5.75. The smallest absolute Gasteiger partial charge is 0.220 e. The van der Waals surface area contributed by atoms with Gasteiger partial charge in [0.25, 0.3) is 0 Å². The fourth-order valence-corrected chi connectivity index (χ4v) is 2.88. The van der Waals surface area contributed by atoms with E-state index in [0.717, 1.165) is 19.4 Å². The second-order valence-electron chi connectivity index (χ2n) is 7.16. The molecule has 4 nitrogen and oxygen atoms in total. The largest absolute Gasteiger partial charge is 0.356 e. The lowest BCUT2D eigenvalue weighted by atomic mass is 9.71. The zero-order chi connectivity index (χ0) is 15.8. The van der Waals surface area contributed by atoms with Gasteiger partial charge >= 0.3 is 0 Å². The van der Waals surface area contributed by atoms with Crippen molar-refractivity contribution in [1.29, 1.82) is 0 Å². The Kier molecular flexibility index (Phi) is 7.84. The minimum atomic E-state index is -0.103. The second kappa shape index (κ2) is 8.28. The molecule has 0 unspecified atom stereocenters. The van der Waals surface area contributed by atoms with Gasteiger partial charge in [-0.2, -0.15) is 0 Å². The summed E-state index contributed by atoms with van der Waals surface area (Å²) in [6.45, 7) is 13.7. The summed E-state index contributed by atoms with van der Waals surface area (Å²) >= 11 is 0. The highest BCUT2D eigenvalue weighted by molar-refractivity contribution is 5.77. The molecule has 0 spiro atoms. The van der Waals surface area contributed by atoms with Crippen LogP contribution >= 0.6 is 0 Å². The predicted molar refractivity (Wildman–Crippen MR) is 83.4 cm³/mol. The predicted octanol–water partition coefficient (Wildman–Crippen LogP) is 2.87. The summed E-state index contributed by atoms with van der Waals surface area (Å²) in [7, 11) is 0. The number of carbonyl (C=O) groups excluding carboxylic acids is 2. The third-order valence-corrected chi connectivity index (χ3v) is 3.18. The Morgan fingerprint density at radius 3 is 1.70 bits per heavy atom. The average molecular weight is 284 g/mol. The van der Waals surface area contributed by atoms with Crippen molar-refractivity contribution < 1.29 is 9.59 Å². The Balaban J connectivity index is 4.41. The number of rotatable bonds is 9. The van der Waals surface area contributed by atoms with Gasteiger partial charge in [-0.3, -0.25) is 9.59 Å². The molecule has 0 radical (unpaired) electrons. The van der Waals surface area contributed by atoms with Crippen molar-refractivity contribution >= 4 is 11.8 Å². The molecular weight excluding hydrogens is 252 g/mol. The minimum absolute atomic E-state index is 0.0868. The molecule has 0 aliphatic carbocycles. The van der Waals surface area contributed by atoms with Gasteiger partial charge in [-0.15, -0.1) is 0 Å². The van der Waals surface area contributed by atoms with Crippen molar-refractivity contribution in [3.63, 3.8) is 0 Å². The van der Waals surface area contributed by atoms with E-state index in [2.05, 4.69) is 38.3 Å². The van der Waals surface area contributed by atoms with Crippen molar-refractivity contribution in [3.05, 3.63) is 0 Å². The van der Waals surface area contributed by atoms with Gasteiger partial charge in [0.15, 0.2) is 0 Å². The molecule has 0 aromatic carbocycles. The summed E-state index contributed by atoms with van der Waals surface area (Å²) in [6.07, 6.45) is 2.80. The van der Waals surface area contributed by atoms with Crippen LogP contribution in [0.25, 0.3) is 0 Å². The molecule has 4 heteroatoms. The normalized spacial score (nSPS) is 12.1. The minimum Gasteiger partial charge on any atom is -0.356 e. The first-order valence-corrected chi connectivity index (χ1v) is 7.65. The zero-order valence-corrected chi connectivity index (χ0v) is 14.1. The van der Waals surface area contributed by atoms with Gasteiger partial charge in [0.1, 0.15) is 0 Å². The van der Waals surface area contributed by atoms with Crippen LogP contribution in [0.4, 0.5) is 0 Å². The maximum absolute atomic E-state index is 11.8. The van der Waals surface area contributed by atoms with Crippen LogP contribution in [0.15, 0.2) is 0 Å². The van der Waals surface area contributed by atoms with Crippen LogP contribution in [0.1, 0.15) is 67.2 Å². The van der Waals surface area contributed by atoms with Gasteiger partial charge in [-0.1, -0.05) is 34.6 Å². The Morgan fingerprint density at radius 2 is 1.30 bits per heavy atom. The summed E-state index contributed by atoms with van der Waals surface area (Å²) < 4.78 is 0. The molecule has 0 aromatic rings. The van der Waals surface area contributed by atoms with Gasteiger partial charge < -0.3 is 10.6 Å². The summed E-state index contributed by atoms with van der Waals surface area (Å²) in [4.78, 5) is 23.6. The summed E-state index contributed by atoms with van der Waals surface area (Å²) in [5.74, 6) is 0.189. The standard InChI is InChI=1S/C16H32N2O2/c1-7-9-18-14(20)11-16(5,6)12-15(3,4)10-13(19)17-8-2/h7-12H2,1-6H3,(H,17,19)(H,18,20). The molecule has 2 amide bonds. The third kappa shape index (κ3) is 8.94. The van der Waals surface area contributed by atoms with E-state index in [1.54, 1.807) is 0 Å². The van der Waals surface area contributed by atoms with Gasteiger partial charge in [-0.05, 0) is 30.6 Å². The van der Waals surface area contributed by atoms with Crippen LogP contribution in [0.5, 0.6) is 0 Å². The molecule has 0 rings (SSSR count). The van der Waals surface area contributed by atoms with Gasteiger partial charge in [0, 0.05) is 25.9 Å². The molecule has 0 atom stereocenters. The van der Waals surface area contributed by atoms with Crippen LogP contribution in [-0.4, -0.2) is 24.9 Å². The molecule has 0 aromatic heterocycles. The van der Waals surface area contributed by atoms with Crippen molar-refractivity contribution in [2.24, 2.45) is 10.8 Å². The summed E-state index contributed by atoms with van der Waals surface area (Å²) in [6, 6.07) is 0. The van der Waals surface area contributed by atoms with Crippen LogP contribution in [-0.2, 0) is 9.59 Å². The number of hydrogen-bond acceptors (Lipinski definition) is 2. The lowest BCUT2D eigenvalue weighted by Gasteiger charge is -2.34. The molecule has 0 fully saturated rings. The highest BCUT2D eigenvalue weighted by atomic mass is 16.2. The SMILES string of the molecule is CCCNC(=O)CC(C)(C)CC(C)(C)CC(=O)NCC. The highest BCUT2D eigenvalue weighted by Gasteiger charge is 2.32. The Labute approximate surface area is 124 Å². The molecule has 0 saturated carbocycles. The van der Waals surface area contributed by atoms with E-state index < -0.39 is 0 Å². The summed E-state index contributed by atoms with van der Waals surface area (Å²) in [5.41, 5.74) is -0.207. The molecule has 0 heterocycles. The van der Waals surface area contributed by atoms with Crippen LogP contribution < -0.4 is 10.6 Å². The highest BCUT2D eigenvalue weighted by Crippen LogP contribution is 2.38. The van der Waals surface area contributed by atoms with Crippen LogP contribution in [0.2, 0.25) is 0 Å². The van der Waals surface area contributed by atoms with Crippen molar-refractivity contribution in [1.82, 2.24) is 10.6 Å². The van der Waals surface area contributed by atoms with E-state index in [-0.39, 0.29) is 22.6 Å². The molecule has 20 heavy (non-hydrogen) atoms. The monoisotopic (exact) mass is 284 g/mol. The number of carbonyl (C=O) groups is 2. The zero-order valence-electron chi connectivity index (χ0n) is 14.1. The number of hydrogen-bond donors (Lipinski definition) is 2. The fourth-order valence-electron chi connectivity index (χ4n) is 2.88. The fraction of sp³-hybridized carbons (Fsp3) is 0.875. The van der Waals surface area contributed by atoms with Crippen molar-refractivity contribution in [2.45, 2.75) is 67.2 Å². The van der Waals surface area contributed by atoms with Crippen molar-refractivity contribution in [3.8, 4) is 0 Å². The molecule has 118 valence electrons. The maximum atomic E-state index is 11.8. The van der Waals surface area contributed by atoms with E-state index in [1.165, 1.54) is 0 Å². The topological polar surface area (TPSA) is 58.2 Å². The van der Waals surface area contributed by atoms with E-state index in [1.807, 2.05) is 13.8 Å². The molecule has 0 aliphatic rings. The molecular formula is C16H32N2O2. The Bertz CT molecular complexity index is 322. The first-order valence-electron chi connectivity index (χ1n) is 7.65. The van der Waals surface area contributed by atoms with Crippen molar-refractivity contribution in [2.75, 3.05) is 13.1 Å². The second-order valence-corrected chi connectivity index (χ2v) is 7.16. The first-order chi connectivity index (χ1) is 9.12. The van der Waals surface area contributed by atoms with Crippen LogP contribution in [0, 0.1) is 10.8 Å². The number of nitrogens with one attached hydrogen (secondary N) is 2. The Morgan fingerprint density at radius 1 is 0.850 bits per heavy atom. The van der Waals surface area contributed by atoms with Gasteiger partial charge in [0.05, 0.1) is 0 Å². The molecule has 0 saturated heterocycles. The lowest BCUT2D eigenvalue weighted by Crippen LogP contribution is -2.34. The first kappa shape index (κ1) is 18.9. The van der Waals surface area contributed by atoms with E-state index in [9.17, 15) is 9.59 Å². The maximum Gasteiger partial charge on any atom is 0.220 e. The number of amides is 2. The average Bonchev–Trinajstić information content (AvgIpc) is 2.22.